The molecule has 24 heavy (non-hydrogen) atoms. The second-order valence-electron chi connectivity index (χ2n) is 5.87. The molecule has 0 fully saturated rings. The quantitative estimate of drug-likeness (QED) is 0.713. The van der Waals surface area contributed by atoms with Crippen molar-refractivity contribution in [3.8, 4) is 11.8 Å². The van der Waals surface area contributed by atoms with E-state index in [4.69, 9.17) is 14.7 Å². The zero-order valence-electron chi connectivity index (χ0n) is 14.1. The lowest BCUT2D eigenvalue weighted by Crippen LogP contribution is -2.38. The fraction of sp³-hybridized carbons (Fsp3) is 0.500. The number of rotatable bonds is 7. The van der Waals surface area contributed by atoms with E-state index in [0.29, 0.717) is 12.3 Å². The summed E-state index contributed by atoms with van der Waals surface area (Å²) in [5, 5.41) is 8.53. The molecule has 0 N–H and O–H groups in total. The van der Waals surface area contributed by atoms with Crippen LogP contribution in [0.2, 0.25) is 0 Å². The number of aryl methyl sites for hydroxylation is 2. The minimum atomic E-state index is -0.898. The Morgan fingerprint density at radius 2 is 2.08 bits per heavy atom. The number of carbonyl (C=O) groups is 2. The van der Waals surface area contributed by atoms with E-state index in [1.54, 1.807) is 7.05 Å². The Hall–Kier alpha value is -2.55. The van der Waals surface area contributed by atoms with Crippen molar-refractivity contribution >= 4 is 11.9 Å². The van der Waals surface area contributed by atoms with Crippen molar-refractivity contribution < 1.29 is 19.1 Å². The van der Waals surface area contributed by atoms with Crippen LogP contribution in [0.4, 0.5) is 0 Å². The number of nitrogens with zero attached hydrogens (tertiary/aromatic N) is 2. The zero-order chi connectivity index (χ0) is 17.5. The number of ether oxygens (including phenoxy) is 2. The van der Waals surface area contributed by atoms with Gasteiger partial charge in [-0.15, -0.1) is 0 Å². The number of fused-ring (bicyclic) bond motifs is 1. The third-order valence-corrected chi connectivity index (χ3v) is 4.02. The first kappa shape index (κ1) is 17.8. The molecule has 0 unspecified atom stereocenters. The summed E-state index contributed by atoms with van der Waals surface area (Å²) in [6, 6.07) is 7.80. The molecule has 1 atom stereocenters. The Morgan fingerprint density at radius 3 is 2.83 bits per heavy atom. The number of amides is 1. The van der Waals surface area contributed by atoms with Gasteiger partial charge >= 0.3 is 5.97 Å². The molecule has 0 aromatic heterocycles. The van der Waals surface area contributed by atoms with Gasteiger partial charge in [0, 0.05) is 13.6 Å². The SMILES string of the molecule is C[C@H](OC(=O)COc1ccc2c(c1)CCC2)C(=O)N(C)CCC#N. The van der Waals surface area contributed by atoms with Crippen molar-refractivity contribution in [2.75, 3.05) is 20.2 Å². The summed E-state index contributed by atoms with van der Waals surface area (Å²) < 4.78 is 10.5. The summed E-state index contributed by atoms with van der Waals surface area (Å²) in [6.45, 7) is 1.58. The van der Waals surface area contributed by atoms with Crippen LogP contribution < -0.4 is 4.74 Å². The fourth-order valence-corrected chi connectivity index (χ4v) is 2.70. The normalized spacial score (nSPS) is 13.5. The van der Waals surface area contributed by atoms with Crippen LogP contribution >= 0.6 is 0 Å². The molecule has 6 nitrogen and oxygen atoms in total. The van der Waals surface area contributed by atoms with E-state index in [1.165, 1.54) is 23.0 Å². The van der Waals surface area contributed by atoms with E-state index < -0.39 is 12.1 Å². The van der Waals surface area contributed by atoms with Crippen LogP contribution in [0, 0.1) is 11.3 Å². The molecule has 0 spiro atoms. The zero-order valence-corrected chi connectivity index (χ0v) is 14.1. The molecule has 1 aromatic carbocycles. The van der Waals surface area contributed by atoms with Gasteiger partial charge in [0.05, 0.1) is 12.5 Å². The fourth-order valence-electron chi connectivity index (χ4n) is 2.70. The van der Waals surface area contributed by atoms with Gasteiger partial charge in [-0.2, -0.15) is 5.26 Å². The van der Waals surface area contributed by atoms with Crippen LogP contribution in [0.15, 0.2) is 18.2 Å². The number of hydrogen-bond donors (Lipinski definition) is 0. The van der Waals surface area contributed by atoms with Crippen LogP contribution in [0.1, 0.15) is 30.9 Å². The Morgan fingerprint density at radius 1 is 1.33 bits per heavy atom. The number of carbonyl (C=O) groups excluding carboxylic acids is 2. The molecule has 2 rings (SSSR count). The standard InChI is InChI=1S/C18H22N2O4/c1-13(18(22)20(2)10-4-9-19)24-17(21)12-23-16-8-7-14-5-3-6-15(14)11-16/h7-8,11,13H,3-6,10,12H2,1-2H3/t13-/m0/s1. The molecule has 0 heterocycles. The van der Waals surface area contributed by atoms with E-state index in [2.05, 4.69) is 0 Å². The summed E-state index contributed by atoms with van der Waals surface area (Å²) in [5.41, 5.74) is 2.60. The third kappa shape index (κ3) is 4.72. The highest BCUT2D eigenvalue weighted by Gasteiger charge is 2.21. The minimum Gasteiger partial charge on any atom is -0.482 e. The number of hydrogen-bond acceptors (Lipinski definition) is 5. The van der Waals surface area contributed by atoms with Gasteiger partial charge in [-0.1, -0.05) is 6.07 Å². The van der Waals surface area contributed by atoms with Crippen molar-refractivity contribution in [3.63, 3.8) is 0 Å². The van der Waals surface area contributed by atoms with E-state index in [1.807, 2.05) is 24.3 Å². The van der Waals surface area contributed by atoms with Gasteiger partial charge in [0.25, 0.3) is 5.91 Å². The highest BCUT2D eigenvalue weighted by Crippen LogP contribution is 2.25. The molecule has 1 aliphatic carbocycles. The molecule has 0 radical (unpaired) electrons. The molecule has 6 heteroatoms. The molecule has 0 bridgehead atoms. The summed E-state index contributed by atoms with van der Waals surface area (Å²) in [4.78, 5) is 25.2. The first-order valence-corrected chi connectivity index (χ1v) is 8.07. The highest BCUT2D eigenvalue weighted by molar-refractivity contribution is 5.83. The average Bonchev–Trinajstić information content (AvgIpc) is 3.04. The minimum absolute atomic E-state index is 0.238. The lowest BCUT2D eigenvalue weighted by Gasteiger charge is -2.20. The van der Waals surface area contributed by atoms with Gasteiger partial charge < -0.3 is 14.4 Å². The van der Waals surface area contributed by atoms with Gasteiger partial charge in [0.15, 0.2) is 12.7 Å². The highest BCUT2D eigenvalue weighted by atomic mass is 16.6. The number of benzene rings is 1. The van der Waals surface area contributed by atoms with E-state index in [0.717, 1.165) is 19.3 Å². The topological polar surface area (TPSA) is 79.6 Å². The predicted molar refractivity (Wildman–Crippen MR) is 87.4 cm³/mol. The van der Waals surface area contributed by atoms with Crippen molar-refractivity contribution in [1.82, 2.24) is 4.90 Å². The second kappa shape index (κ2) is 8.34. The maximum atomic E-state index is 12.0. The molecule has 0 saturated carbocycles. The molecule has 0 saturated heterocycles. The van der Waals surface area contributed by atoms with Gasteiger partial charge in [0.1, 0.15) is 5.75 Å². The molecule has 128 valence electrons. The summed E-state index contributed by atoms with van der Waals surface area (Å²) in [6.07, 6.45) is 2.63. The smallest absolute Gasteiger partial charge is 0.344 e. The number of esters is 1. The third-order valence-electron chi connectivity index (χ3n) is 4.02. The Labute approximate surface area is 142 Å². The molecule has 1 aliphatic rings. The molecule has 1 amide bonds. The van der Waals surface area contributed by atoms with Gasteiger partial charge in [0.2, 0.25) is 0 Å². The van der Waals surface area contributed by atoms with Crippen molar-refractivity contribution in [2.45, 2.75) is 38.7 Å². The van der Waals surface area contributed by atoms with Crippen LogP contribution in [-0.2, 0) is 27.2 Å². The van der Waals surface area contributed by atoms with Crippen molar-refractivity contribution in [1.29, 1.82) is 5.26 Å². The molecular weight excluding hydrogens is 308 g/mol. The summed E-state index contributed by atoms with van der Waals surface area (Å²) in [7, 11) is 1.57. The Kier molecular flexibility index (Phi) is 6.19. The number of nitriles is 1. The second-order valence-corrected chi connectivity index (χ2v) is 5.87. The summed E-state index contributed by atoms with van der Waals surface area (Å²) >= 11 is 0. The lowest BCUT2D eigenvalue weighted by atomic mass is 10.1. The average molecular weight is 330 g/mol. The van der Waals surface area contributed by atoms with Crippen LogP contribution in [0.5, 0.6) is 5.75 Å². The maximum absolute atomic E-state index is 12.0. The van der Waals surface area contributed by atoms with Gasteiger partial charge in [-0.05, 0) is 49.4 Å². The van der Waals surface area contributed by atoms with Gasteiger partial charge in [-0.3, -0.25) is 4.79 Å². The van der Waals surface area contributed by atoms with Crippen molar-refractivity contribution in [3.05, 3.63) is 29.3 Å². The van der Waals surface area contributed by atoms with Crippen LogP contribution in [0.3, 0.4) is 0 Å². The van der Waals surface area contributed by atoms with E-state index in [9.17, 15) is 9.59 Å². The largest absolute Gasteiger partial charge is 0.482 e. The first-order valence-electron chi connectivity index (χ1n) is 8.07. The van der Waals surface area contributed by atoms with Gasteiger partial charge in [-0.25, -0.2) is 4.79 Å². The molecular formula is C18H22N2O4. The van der Waals surface area contributed by atoms with E-state index in [-0.39, 0.29) is 18.9 Å². The Bertz CT molecular complexity index is 651. The predicted octanol–water partition coefficient (Wildman–Crippen LogP) is 1.86. The van der Waals surface area contributed by atoms with Crippen LogP contribution in [-0.4, -0.2) is 43.1 Å². The maximum Gasteiger partial charge on any atom is 0.344 e. The monoisotopic (exact) mass is 330 g/mol. The number of likely N-dealkylation sites (N-methyl/N-ethyl adjacent to an activating group) is 1. The van der Waals surface area contributed by atoms with Crippen LogP contribution in [0.25, 0.3) is 0 Å². The van der Waals surface area contributed by atoms with Crippen molar-refractivity contribution in [2.24, 2.45) is 0 Å². The Balaban J connectivity index is 1.78. The lowest BCUT2D eigenvalue weighted by molar-refractivity contribution is -0.160. The van der Waals surface area contributed by atoms with E-state index >= 15 is 0 Å². The molecule has 0 aliphatic heterocycles. The molecule has 1 aromatic rings. The summed E-state index contributed by atoms with van der Waals surface area (Å²) in [5.74, 6) is -0.293. The first-order chi connectivity index (χ1) is 11.5.